The largest absolute Gasteiger partial charge is 0.493 e. The van der Waals surface area contributed by atoms with Crippen molar-refractivity contribution in [2.24, 2.45) is 5.73 Å². The average Bonchev–Trinajstić information content (AvgIpc) is 2.46. The predicted molar refractivity (Wildman–Crippen MR) is 76.6 cm³/mol. The van der Waals surface area contributed by atoms with E-state index in [0.717, 1.165) is 5.56 Å². The van der Waals surface area contributed by atoms with E-state index in [1.165, 1.54) is 6.07 Å². The first-order valence-corrected chi connectivity index (χ1v) is 6.27. The molecule has 0 aliphatic rings. The van der Waals surface area contributed by atoms with Gasteiger partial charge in [0, 0.05) is 5.56 Å². The molecule has 0 saturated heterocycles. The molecule has 4 heteroatoms. The van der Waals surface area contributed by atoms with Crippen LogP contribution in [0.25, 0.3) is 0 Å². The molecule has 1 atom stereocenters. The van der Waals surface area contributed by atoms with Crippen LogP contribution in [0, 0.1) is 5.82 Å². The van der Waals surface area contributed by atoms with E-state index in [-0.39, 0.29) is 5.82 Å². The summed E-state index contributed by atoms with van der Waals surface area (Å²) in [5.74, 6) is 0.853. The Labute approximate surface area is 118 Å². The van der Waals surface area contributed by atoms with Crippen molar-refractivity contribution in [3.8, 4) is 11.5 Å². The zero-order chi connectivity index (χ0) is 14.8. The maximum absolute atomic E-state index is 14.0. The third-order valence-electron chi connectivity index (χ3n) is 3.42. The maximum atomic E-state index is 14.0. The maximum Gasteiger partial charge on any atom is 0.161 e. The lowest BCUT2D eigenvalue weighted by molar-refractivity contribution is 0.353. The Hall–Kier alpha value is -2.07. The fraction of sp³-hybridized carbons (Fsp3) is 0.250. The molecule has 2 N–H and O–H groups in total. The quantitative estimate of drug-likeness (QED) is 0.932. The highest BCUT2D eigenvalue weighted by atomic mass is 19.1. The molecule has 0 aromatic heterocycles. The van der Waals surface area contributed by atoms with Crippen molar-refractivity contribution in [1.82, 2.24) is 0 Å². The van der Waals surface area contributed by atoms with Gasteiger partial charge in [-0.1, -0.05) is 24.3 Å². The van der Waals surface area contributed by atoms with Crippen LogP contribution in [-0.2, 0) is 5.54 Å². The highest BCUT2D eigenvalue weighted by Gasteiger charge is 2.27. The Balaban J connectivity index is 2.52. The van der Waals surface area contributed by atoms with E-state index >= 15 is 0 Å². The van der Waals surface area contributed by atoms with Gasteiger partial charge in [-0.05, 0) is 30.7 Å². The molecule has 0 radical (unpaired) electrons. The second kappa shape index (κ2) is 5.51. The van der Waals surface area contributed by atoms with Crippen LogP contribution in [0.1, 0.15) is 18.1 Å². The molecule has 2 aromatic rings. The third kappa shape index (κ3) is 2.47. The summed E-state index contributed by atoms with van der Waals surface area (Å²) < 4.78 is 24.4. The number of benzene rings is 2. The van der Waals surface area contributed by atoms with Gasteiger partial charge in [-0.3, -0.25) is 0 Å². The summed E-state index contributed by atoms with van der Waals surface area (Å²) >= 11 is 0. The van der Waals surface area contributed by atoms with Crippen LogP contribution in [-0.4, -0.2) is 14.2 Å². The molecule has 0 amide bonds. The topological polar surface area (TPSA) is 44.5 Å². The molecule has 1 unspecified atom stereocenters. The van der Waals surface area contributed by atoms with Gasteiger partial charge >= 0.3 is 0 Å². The molecule has 3 nitrogen and oxygen atoms in total. The van der Waals surface area contributed by atoms with Gasteiger partial charge in [-0.25, -0.2) is 4.39 Å². The van der Waals surface area contributed by atoms with Gasteiger partial charge in [0.2, 0.25) is 0 Å². The fourth-order valence-corrected chi connectivity index (χ4v) is 2.20. The van der Waals surface area contributed by atoms with E-state index in [2.05, 4.69) is 0 Å². The molecule has 2 aromatic carbocycles. The summed E-state index contributed by atoms with van der Waals surface area (Å²) in [6.07, 6.45) is 0. The van der Waals surface area contributed by atoms with Crippen LogP contribution in [0.5, 0.6) is 11.5 Å². The minimum Gasteiger partial charge on any atom is -0.493 e. The van der Waals surface area contributed by atoms with Gasteiger partial charge in [0.1, 0.15) is 5.82 Å². The number of nitrogens with two attached hydrogens (primary N) is 1. The van der Waals surface area contributed by atoms with E-state index in [4.69, 9.17) is 15.2 Å². The van der Waals surface area contributed by atoms with Crippen LogP contribution in [0.3, 0.4) is 0 Å². The normalized spacial score (nSPS) is 13.7. The molecule has 0 aliphatic heterocycles. The zero-order valence-electron chi connectivity index (χ0n) is 11.8. The minimum absolute atomic E-state index is 0.327. The minimum atomic E-state index is -0.953. The fourth-order valence-electron chi connectivity index (χ4n) is 2.20. The lowest BCUT2D eigenvalue weighted by Gasteiger charge is -2.27. The van der Waals surface area contributed by atoms with Crippen molar-refractivity contribution in [2.45, 2.75) is 12.5 Å². The van der Waals surface area contributed by atoms with E-state index in [0.29, 0.717) is 17.1 Å². The van der Waals surface area contributed by atoms with E-state index in [1.54, 1.807) is 51.5 Å². The molecular weight excluding hydrogens is 257 g/mol. The van der Waals surface area contributed by atoms with Gasteiger partial charge in [-0.15, -0.1) is 0 Å². The Morgan fingerprint density at radius 1 is 1.00 bits per heavy atom. The molecule has 0 aliphatic carbocycles. The number of hydrogen-bond donors (Lipinski definition) is 1. The van der Waals surface area contributed by atoms with Crippen molar-refractivity contribution in [2.75, 3.05) is 14.2 Å². The van der Waals surface area contributed by atoms with Crippen molar-refractivity contribution >= 4 is 0 Å². The first kappa shape index (κ1) is 14.3. The molecular formula is C16H18FNO2. The Morgan fingerprint density at radius 2 is 1.65 bits per heavy atom. The van der Waals surface area contributed by atoms with E-state index in [1.807, 2.05) is 6.07 Å². The number of halogens is 1. The summed E-state index contributed by atoms with van der Waals surface area (Å²) in [4.78, 5) is 0. The van der Waals surface area contributed by atoms with E-state index in [9.17, 15) is 4.39 Å². The van der Waals surface area contributed by atoms with Crippen molar-refractivity contribution in [3.63, 3.8) is 0 Å². The number of hydrogen-bond acceptors (Lipinski definition) is 3. The predicted octanol–water partition coefficient (Wildman–Crippen LogP) is 3.07. The first-order valence-electron chi connectivity index (χ1n) is 6.27. The van der Waals surface area contributed by atoms with Crippen LogP contribution in [0.2, 0.25) is 0 Å². The number of rotatable bonds is 4. The molecule has 0 spiro atoms. The van der Waals surface area contributed by atoms with Crippen molar-refractivity contribution in [3.05, 3.63) is 59.4 Å². The van der Waals surface area contributed by atoms with Gasteiger partial charge in [-0.2, -0.15) is 0 Å². The van der Waals surface area contributed by atoms with Crippen LogP contribution >= 0.6 is 0 Å². The molecule has 2 rings (SSSR count). The summed E-state index contributed by atoms with van der Waals surface area (Å²) in [6.45, 7) is 1.77. The average molecular weight is 275 g/mol. The van der Waals surface area contributed by atoms with Gasteiger partial charge in [0.05, 0.1) is 19.8 Å². The van der Waals surface area contributed by atoms with Crippen LogP contribution in [0.15, 0.2) is 42.5 Å². The monoisotopic (exact) mass is 275 g/mol. The highest BCUT2D eigenvalue weighted by molar-refractivity contribution is 5.48. The molecule has 0 fully saturated rings. The Kier molecular flexibility index (Phi) is 3.95. The molecule has 106 valence electrons. The summed E-state index contributed by atoms with van der Waals surface area (Å²) in [5.41, 5.74) is 6.57. The SMILES string of the molecule is COc1ccc(C(C)(N)c2ccccc2F)cc1OC. The van der Waals surface area contributed by atoms with Crippen molar-refractivity contribution < 1.29 is 13.9 Å². The molecule has 0 saturated carbocycles. The van der Waals surface area contributed by atoms with E-state index < -0.39 is 5.54 Å². The lowest BCUT2D eigenvalue weighted by atomic mass is 9.85. The zero-order valence-corrected chi connectivity index (χ0v) is 11.8. The standard InChI is InChI=1S/C16H18FNO2/c1-16(18,12-6-4-5-7-13(12)17)11-8-9-14(19-2)15(10-11)20-3/h4-10H,18H2,1-3H3. The smallest absolute Gasteiger partial charge is 0.161 e. The Bertz CT molecular complexity index is 611. The van der Waals surface area contributed by atoms with Crippen LogP contribution < -0.4 is 15.2 Å². The molecule has 0 heterocycles. The summed E-state index contributed by atoms with van der Waals surface area (Å²) in [7, 11) is 3.12. The van der Waals surface area contributed by atoms with Gasteiger partial charge in [0.15, 0.2) is 11.5 Å². The summed E-state index contributed by atoms with van der Waals surface area (Å²) in [6, 6.07) is 11.8. The van der Waals surface area contributed by atoms with Crippen LogP contribution in [0.4, 0.5) is 4.39 Å². The van der Waals surface area contributed by atoms with Gasteiger partial charge in [0.25, 0.3) is 0 Å². The third-order valence-corrected chi connectivity index (χ3v) is 3.42. The second-order valence-corrected chi connectivity index (χ2v) is 4.75. The lowest BCUT2D eigenvalue weighted by Crippen LogP contribution is -2.35. The first-order chi connectivity index (χ1) is 9.50. The summed E-state index contributed by atoms with van der Waals surface area (Å²) in [5, 5.41) is 0. The van der Waals surface area contributed by atoms with Crippen molar-refractivity contribution in [1.29, 1.82) is 0 Å². The van der Waals surface area contributed by atoms with Gasteiger partial charge < -0.3 is 15.2 Å². The highest BCUT2D eigenvalue weighted by Crippen LogP contribution is 2.34. The molecule has 20 heavy (non-hydrogen) atoms. The number of ether oxygens (including phenoxy) is 2. The molecule has 0 bridgehead atoms. The number of methoxy groups -OCH3 is 2. The second-order valence-electron chi connectivity index (χ2n) is 4.75. The Morgan fingerprint density at radius 3 is 2.25 bits per heavy atom.